The molecule has 1 atom stereocenters. The van der Waals surface area contributed by atoms with Crippen LogP contribution in [0.2, 0.25) is 5.02 Å². The van der Waals surface area contributed by atoms with E-state index in [1.807, 2.05) is 36.4 Å². The number of nitrogens with zero attached hydrogens (tertiary/aromatic N) is 2. The van der Waals surface area contributed by atoms with Crippen LogP contribution in [0.3, 0.4) is 0 Å². The van der Waals surface area contributed by atoms with Gasteiger partial charge in [-0.25, -0.2) is 0 Å². The summed E-state index contributed by atoms with van der Waals surface area (Å²) in [5.41, 5.74) is 2.40. The standard InChI is InChI=1S/C21H27ClN4O.HI/c1-23-21(24-13-16-6-8-18(22)9-7-16)25-14-17-10-11-26(15-17)19-4-3-5-20(12-19)27-2;/h3-9,12,17H,10-11,13-15H2,1-2H3,(H2,23,24,25);1H. The van der Waals surface area contributed by atoms with Crippen molar-refractivity contribution in [2.45, 2.75) is 13.0 Å². The fourth-order valence-electron chi connectivity index (χ4n) is 3.29. The molecule has 28 heavy (non-hydrogen) atoms. The van der Waals surface area contributed by atoms with Crippen LogP contribution in [-0.2, 0) is 6.54 Å². The molecule has 7 heteroatoms. The molecule has 1 fully saturated rings. The smallest absolute Gasteiger partial charge is 0.191 e. The lowest BCUT2D eigenvalue weighted by atomic mass is 10.1. The second kappa shape index (κ2) is 11.4. The fraction of sp³-hybridized carbons (Fsp3) is 0.381. The van der Waals surface area contributed by atoms with E-state index in [9.17, 15) is 0 Å². The molecule has 1 unspecified atom stereocenters. The monoisotopic (exact) mass is 514 g/mol. The number of anilines is 1. The number of rotatable bonds is 6. The van der Waals surface area contributed by atoms with Gasteiger partial charge in [0.05, 0.1) is 7.11 Å². The molecule has 152 valence electrons. The molecule has 1 aliphatic heterocycles. The Morgan fingerprint density at radius 1 is 1.21 bits per heavy atom. The Balaban J connectivity index is 0.00000280. The second-order valence-corrected chi connectivity index (χ2v) is 7.17. The molecule has 5 nitrogen and oxygen atoms in total. The predicted molar refractivity (Wildman–Crippen MR) is 128 cm³/mol. The van der Waals surface area contributed by atoms with Gasteiger partial charge in [-0.05, 0) is 42.2 Å². The first-order valence-electron chi connectivity index (χ1n) is 9.26. The third-order valence-electron chi connectivity index (χ3n) is 4.86. The first kappa shape index (κ1) is 22.6. The molecule has 0 bridgehead atoms. The Hall–Kier alpha value is -1.67. The molecule has 2 N–H and O–H groups in total. The van der Waals surface area contributed by atoms with E-state index >= 15 is 0 Å². The molecule has 1 saturated heterocycles. The van der Waals surface area contributed by atoms with Crippen molar-refractivity contribution in [3.63, 3.8) is 0 Å². The molecule has 2 aromatic rings. The van der Waals surface area contributed by atoms with Gasteiger partial charge in [0, 0.05) is 50.0 Å². The minimum Gasteiger partial charge on any atom is -0.497 e. The highest BCUT2D eigenvalue weighted by Gasteiger charge is 2.23. The largest absolute Gasteiger partial charge is 0.497 e. The molecule has 0 amide bonds. The van der Waals surface area contributed by atoms with Gasteiger partial charge in [0.25, 0.3) is 0 Å². The highest BCUT2D eigenvalue weighted by molar-refractivity contribution is 14.0. The highest BCUT2D eigenvalue weighted by Crippen LogP contribution is 2.26. The highest BCUT2D eigenvalue weighted by atomic mass is 127. The summed E-state index contributed by atoms with van der Waals surface area (Å²) in [6.45, 7) is 3.73. The number of ether oxygens (including phenoxy) is 1. The first-order chi connectivity index (χ1) is 13.2. The van der Waals surface area contributed by atoms with Crippen LogP contribution in [-0.4, -0.2) is 39.8 Å². The number of guanidine groups is 1. The van der Waals surface area contributed by atoms with Gasteiger partial charge in [-0.2, -0.15) is 0 Å². The number of nitrogens with one attached hydrogen (secondary N) is 2. The van der Waals surface area contributed by atoms with Gasteiger partial charge in [-0.3, -0.25) is 4.99 Å². The SMILES string of the molecule is CN=C(NCc1ccc(Cl)cc1)NCC1CCN(c2cccc(OC)c2)C1.I. The van der Waals surface area contributed by atoms with Gasteiger partial charge in [-0.15, -0.1) is 24.0 Å². The van der Waals surface area contributed by atoms with E-state index in [4.69, 9.17) is 16.3 Å². The van der Waals surface area contributed by atoms with Crippen molar-refractivity contribution in [3.05, 3.63) is 59.1 Å². The second-order valence-electron chi connectivity index (χ2n) is 6.74. The van der Waals surface area contributed by atoms with Crippen molar-refractivity contribution in [1.82, 2.24) is 10.6 Å². The van der Waals surface area contributed by atoms with Crippen LogP contribution in [0, 0.1) is 5.92 Å². The van der Waals surface area contributed by atoms with E-state index in [-0.39, 0.29) is 24.0 Å². The Kier molecular flexibility index (Phi) is 9.18. The first-order valence-corrected chi connectivity index (χ1v) is 9.63. The molecule has 2 aromatic carbocycles. The van der Waals surface area contributed by atoms with Gasteiger partial charge < -0.3 is 20.3 Å². The lowest BCUT2D eigenvalue weighted by Crippen LogP contribution is -2.39. The number of aliphatic imine (C=N–C) groups is 1. The summed E-state index contributed by atoms with van der Waals surface area (Å²) in [6, 6.07) is 16.1. The average molecular weight is 515 g/mol. The van der Waals surface area contributed by atoms with Crippen molar-refractivity contribution in [2.24, 2.45) is 10.9 Å². The normalized spacial score (nSPS) is 16.5. The molecule has 0 radical (unpaired) electrons. The minimum absolute atomic E-state index is 0. The van der Waals surface area contributed by atoms with E-state index < -0.39 is 0 Å². The summed E-state index contributed by atoms with van der Waals surface area (Å²) in [4.78, 5) is 6.74. The zero-order valence-corrected chi connectivity index (χ0v) is 19.4. The van der Waals surface area contributed by atoms with Crippen molar-refractivity contribution in [3.8, 4) is 5.75 Å². The van der Waals surface area contributed by atoms with Crippen molar-refractivity contribution in [2.75, 3.05) is 38.7 Å². The predicted octanol–water partition coefficient (Wildman–Crippen LogP) is 4.16. The van der Waals surface area contributed by atoms with Crippen LogP contribution in [0.25, 0.3) is 0 Å². The third-order valence-corrected chi connectivity index (χ3v) is 5.11. The van der Waals surface area contributed by atoms with E-state index in [0.29, 0.717) is 5.92 Å². The Bertz CT molecular complexity index is 769. The van der Waals surface area contributed by atoms with Gasteiger partial charge in [0.1, 0.15) is 5.75 Å². The number of halogens is 2. The molecule has 1 heterocycles. The molecule has 0 spiro atoms. The zero-order valence-electron chi connectivity index (χ0n) is 16.3. The molecular weight excluding hydrogens is 487 g/mol. The van der Waals surface area contributed by atoms with Crippen LogP contribution in [0.15, 0.2) is 53.5 Å². The van der Waals surface area contributed by atoms with Gasteiger partial charge >= 0.3 is 0 Å². The Morgan fingerprint density at radius 2 is 2.00 bits per heavy atom. The number of methoxy groups -OCH3 is 1. The summed E-state index contributed by atoms with van der Waals surface area (Å²) in [7, 11) is 3.51. The van der Waals surface area contributed by atoms with E-state index in [1.165, 1.54) is 17.7 Å². The minimum atomic E-state index is 0. The van der Waals surface area contributed by atoms with Crippen LogP contribution in [0.1, 0.15) is 12.0 Å². The zero-order chi connectivity index (χ0) is 19.1. The van der Waals surface area contributed by atoms with Crippen molar-refractivity contribution >= 4 is 47.2 Å². The maximum atomic E-state index is 5.93. The van der Waals surface area contributed by atoms with Crippen LogP contribution >= 0.6 is 35.6 Å². The molecule has 3 rings (SSSR count). The Labute approximate surface area is 189 Å². The lowest BCUT2D eigenvalue weighted by Gasteiger charge is -2.20. The number of hydrogen-bond donors (Lipinski definition) is 2. The van der Waals surface area contributed by atoms with Crippen LogP contribution in [0.4, 0.5) is 5.69 Å². The van der Waals surface area contributed by atoms with Crippen molar-refractivity contribution < 1.29 is 4.74 Å². The topological polar surface area (TPSA) is 48.9 Å². The van der Waals surface area contributed by atoms with Crippen LogP contribution in [0.5, 0.6) is 5.75 Å². The Morgan fingerprint density at radius 3 is 2.71 bits per heavy atom. The van der Waals surface area contributed by atoms with E-state index in [1.54, 1.807) is 14.2 Å². The van der Waals surface area contributed by atoms with Crippen LogP contribution < -0.4 is 20.3 Å². The maximum Gasteiger partial charge on any atom is 0.191 e. The fourth-order valence-corrected chi connectivity index (χ4v) is 3.42. The summed E-state index contributed by atoms with van der Waals surface area (Å²) < 4.78 is 5.33. The summed E-state index contributed by atoms with van der Waals surface area (Å²) in [5, 5.41) is 7.55. The van der Waals surface area contributed by atoms with Gasteiger partial charge in [0.15, 0.2) is 5.96 Å². The van der Waals surface area contributed by atoms with Gasteiger partial charge in [-0.1, -0.05) is 29.8 Å². The third kappa shape index (κ3) is 6.44. The lowest BCUT2D eigenvalue weighted by molar-refractivity contribution is 0.415. The quantitative estimate of drug-likeness (QED) is 0.345. The van der Waals surface area contributed by atoms with Crippen molar-refractivity contribution in [1.29, 1.82) is 0 Å². The number of benzene rings is 2. The number of hydrogen-bond acceptors (Lipinski definition) is 3. The van der Waals surface area contributed by atoms with E-state index in [2.05, 4.69) is 32.7 Å². The molecule has 0 saturated carbocycles. The summed E-state index contributed by atoms with van der Waals surface area (Å²) in [5.74, 6) is 2.32. The molecular formula is C21H28ClIN4O. The summed E-state index contributed by atoms with van der Waals surface area (Å²) >= 11 is 5.93. The van der Waals surface area contributed by atoms with E-state index in [0.717, 1.165) is 42.9 Å². The maximum absolute atomic E-state index is 5.93. The summed E-state index contributed by atoms with van der Waals surface area (Å²) in [6.07, 6.45) is 1.17. The van der Waals surface area contributed by atoms with Gasteiger partial charge in [0.2, 0.25) is 0 Å². The molecule has 0 aliphatic carbocycles. The average Bonchev–Trinajstić information content (AvgIpc) is 3.18. The molecule has 0 aromatic heterocycles. The molecule has 1 aliphatic rings.